The molecule has 134 valence electrons. The molecule has 0 saturated carbocycles. The Balaban J connectivity index is 1.43. The van der Waals surface area contributed by atoms with Crippen molar-refractivity contribution in [2.24, 2.45) is 17.6 Å². The Labute approximate surface area is 148 Å². The predicted octanol–water partition coefficient (Wildman–Crippen LogP) is -0.528. The van der Waals surface area contributed by atoms with Gasteiger partial charge in [-0.25, -0.2) is 9.97 Å². The number of aromatic nitrogens is 3. The molecule has 2 saturated heterocycles. The van der Waals surface area contributed by atoms with Crippen LogP contribution < -0.4 is 16.2 Å². The maximum Gasteiger partial charge on any atom is 0.267 e. The third-order valence-corrected chi connectivity index (χ3v) is 5.03. The molecule has 0 aliphatic carbocycles. The van der Waals surface area contributed by atoms with E-state index in [1.54, 1.807) is 12.1 Å². The fourth-order valence-electron chi connectivity index (χ4n) is 3.73. The summed E-state index contributed by atoms with van der Waals surface area (Å²) in [6.45, 7) is 2.84. The second-order valence-corrected chi connectivity index (χ2v) is 6.70. The number of pyridine rings is 1. The Morgan fingerprint density at radius 3 is 2.46 bits per heavy atom. The van der Waals surface area contributed by atoms with Gasteiger partial charge in [0.25, 0.3) is 11.8 Å². The summed E-state index contributed by atoms with van der Waals surface area (Å²) in [5, 5.41) is 0. The normalized spacial score (nSPS) is 21.7. The lowest BCUT2D eigenvalue weighted by Crippen LogP contribution is -2.33. The quantitative estimate of drug-likeness (QED) is 0.763. The molecule has 2 aromatic heterocycles. The Kier molecular flexibility index (Phi) is 3.90. The highest BCUT2D eigenvalue weighted by Gasteiger charge is 2.42. The molecule has 9 nitrogen and oxygen atoms in total. The van der Waals surface area contributed by atoms with Crippen LogP contribution in [0, 0.1) is 11.8 Å². The number of H-pyrrole nitrogens is 1. The van der Waals surface area contributed by atoms with E-state index in [1.807, 2.05) is 4.90 Å². The largest absolute Gasteiger partial charge is 0.364 e. The molecule has 3 N–H and O–H groups in total. The molecule has 2 aliphatic rings. The number of nitrogens with zero attached hydrogens (tertiary/aromatic N) is 4. The number of amides is 2. The van der Waals surface area contributed by atoms with Gasteiger partial charge in [-0.05, 0) is 6.07 Å². The van der Waals surface area contributed by atoms with Gasteiger partial charge in [0.15, 0.2) is 0 Å². The first-order valence-electron chi connectivity index (χ1n) is 8.36. The van der Waals surface area contributed by atoms with E-state index in [2.05, 4.69) is 19.9 Å². The van der Waals surface area contributed by atoms with Gasteiger partial charge >= 0.3 is 0 Å². The van der Waals surface area contributed by atoms with Crippen LogP contribution in [-0.4, -0.2) is 57.8 Å². The molecule has 0 radical (unpaired) electrons. The molecule has 9 heteroatoms. The van der Waals surface area contributed by atoms with Crippen LogP contribution in [0.2, 0.25) is 0 Å². The first kappa shape index (κ1) is 16.2. The number of nitrogens with one attached hydrogen (secondary N) is 1. The lowest BCUT2D eigenvalue weighted by Gasteiger charge is -2.22. The van der Waals surface area contributed by atoms with E-state index in [0.29, 0.717) is 36.3 Å². The van der Waals surface area contributed by atoms with E-state index in [0.717, 1.165) is 13.1 Å². The van der Waals surface area contributed by atoms with E-state index in [1.165, 1.54) is 18.6 Å². The SMILES string of the molecule is NC(=O)c1cc(N2C[C@H]3CN(C(=O)c4ccc(=O)[nH]c4)C[C@H]3C2)ncn1. The van der Waals surface area contributed by atoms with Gasteiger partial charge in [0.1, 0.15) is 17.8 Å². The van der Waals surface area contributed by atoms with Crippen molar-refractivity contribution < 1.29 is 9.59 Å². The van der Waals surface area contributed by atoms with Crippen molar-refractivity contribution in [2.75, 3.05) is 31.1 Å². The molecular formula is C17H18N6O3. The van der Waals surface area contributed by atoms with E-state index in [4.69, 9.17) is 5.73 Å². The van der Waals surface area contributed by atoms with Crippen molar-refractivity contribution in [3.05, 3.63) is 52.3 Å². The van der Waals surface area contributed by atoms with E-state index >= 15 is 0 Å². The van der Waals surface area contributed by atoms with Crippen LogP contribution in [0.3, 0.4) is 0 Å². The minimum absolute atomic E-state index is 0.0692. The number of fused-ring (bicyclic) bond motifs is 1. The fraction of sp³-hybridized carbons (Fsp3) is 0.353. The smallest absolute Gasteiger partial charge is 0.267 e. The van der Waals surface area contributed by atoms with Crippen molar-refractivity contribution in [1.82, 2.24) is 19.9 Å². The number of anilines is 1. The Bertz CT molecular complexity index is 892. The summed E-state index contributed by atoms with van der Waals surface area (Å²) in [6, 6.07) is 4.51. The molecule has 0 unspecified atom stereocenters. The van der Waals surface area contributed by atoms with Crippen LogP contribution in [0.1, 0.15) is 20.8 Å². The van der Waals surface area contributed by atoms with Gasteiger partial charge in [-0.3, -0.25) is 14.4 Å². The Morgan fingerprint density at radius 2 is 1.85 bits per heavy atom. The first-order valence-corrected chi connectivity index (χ1v) is 8.36. The first-order chi connectivity index (χ1) is 12.5. The molecular weight excluding hydrogens is 336 g/mol. The van der Waals surface area contributed by atoms with Crippen molar-refractivity contribution in [2.45, 2.75) is 0 Å². The lowest BCUT2D eigenvalue weighted by atomic mass is 10.0. The Hall–Kier alpha value is -3.23. The molecule has 26 heavy (non-hydrogen) atoms. The van der Waals surface area contributed by atoms with Gasteiger partial charge in [0, 0.05) is 56.3 Å². The predicted molar refractivity (Wildman–Crippen MR) is 92.7 cm³/mol. The molecule has 4 rings (SSSR count). The summed E-state index contributed by atoms with van der Waals surface area (Å²) in [7, 11) is 0. The van der Waals surface area contributed by atoms with Gasteiger partial charge in [0.05, 0.1) is 5.56 Å². The highest BCUT2D eigenvalue weighted by atomic mass is 16.2. The average Bonchev–Trinajstić information content (AvgIpc) is 3.21. The molecule has 2 atom stereocenters. The Morgan fingerprint density at radius 1 is 1.12 bits per heavy atom. The highest BCUT2D eigenvalue weighted by Crippen LogP contribution is 2.33. The summed E-state index contributed by atoms with van der Waals surface area (Å²) in [4.78, 5) is 49.6. The monoisotopic (exact) mass is 354 g/mol. The molecule has 2 fully saturated rings. The van der Waals surface area contributed by atoms with Crippen LogP contribution in [0.15, 0.2) is 35.5 Å². The third kappa shape index (κ3) is 2.92. The second-order valence-electron chi connectivity index (χ2n) is 6.70. The zero-order valence-electron chi connectivity index (χ0n) is 14.0. The average molecular weight is 354 g/mol. The van der Waals surface area contributed by atoms with E-state index in [9.17, 15) is 14.4 Å². The number of nitrogens with two attached hydrogens (primary N) is 1. The molecule has 2 amide bonds. The summed E-state index contributed by atoms with van der Waals surface area (Å²) in [6.07, 6.45) is 2.80. The molecule has 2 aromatic rings. The van der Waals surface area contributed by atoms with Gasteiger partial charge < -0.3 is 20.5 Å². The second kappa shape index (κ2) is 6.25. The number of carbonyl (C=O) groups is 2. The number of rotatable bonds is 3. The summed E-state index contributed by atoms with van der Waals surface area (Å²) < 4.78 is 0. The van der Waals surface area contributed by atoms with Crippen LogP contribution in [0.5, 0.6) is 0 Å². The molecule has 0 spiro atoms. The minimum atomic E-state index is -0.578. The van der Waals surface area contributed by atoms with Gasteiger partial charge in [-0.15, -0.1) is 0 Å². The number of primary amides is 1. The minimum Gasteiger partial charge on any atom is -0.364 e. The molecule has 4 heterocycles. The number of hydrogen-bond acceptors (Lipinski definition) is 6. The maximum atomic E-state index is 12.6. The van der Waals surface area contributed by atoms with Crippen molar-refractivity contribution in [3.63, 3.8) is 0 Å². The zero-order chi connectivity index (χ0) is 18.3. The number of likely N-dealkylation sites (tertiary alicyclic amines) is 1. The van der Waals surface area contributed by atoms with Gasteiger partial charge in [-0.2, -0.15) is 0 Å². The molecule has 0 bridgehead atoms. The molecule has 0 aromatic carbocycles. The van der Waals surface area contributed by atoms with Gasteiger partial charge in [-0.1, -0.05) is 0 Å². The maximum absolute atomic E-state index is 12.6. The number of aromatic amines is 1. The van der Waals surface area contributed by atoms with Gasteiger partial charge in [0.2, 0.25) is 5.56 Å². The van der Waals surface area contributed by atoms with Crippen LogP contribution >= 0.6 is 0 Å². The van der Waals surface area contributed by atoms with E-state index < -0.39 is 5.91 Å². The topological polar surface area (TPSA) is 125 Å². The van der Waals surface area contributed by atoms with Crippen LogP contribution in [-0.2, 0) is 0 Å². The summed E-state index contributed by atoms with van der Waals surface area (Å²) in [5.41, 5.74) is 5.73. The van der Waals surface area contributed by atoms with Crippen molar-refractivity contribution in [1.29, 1.82) is 0 Å². The summed E-state index contributed by atoms with van der Waals surface area (Å²) >= 11 is 0. The fourth-order valence-corrected chi connectivity index (χ4v) is 3.73. The number of hydrogen-bond donors (Lipinski definition) is 2. The lowest BCUT2D eigenvalue weighted by molar-refractivity contribution is 0.0782. The van der Waals surface area contributed by atoms with Crippen molar-refractivity contribution >= 4 is 17.6 Å². The third-order valence-electron chi connectivity index (χ3n) is 5.03. The zero-order valence-corrected chi connectivity index (χ0v) is 14.0. The van der Waals surface area contributed by atoms with Crippen LogP contribution in [0.25, 0.3) is 0 Å². The van der Waals surface area contributed by atoms with Crippen LogP contribution in [0.4, 0.5) is 5.82 Å². The van der Waals surface area contributed by atoms with E-state index in [-0.39, 0.29) is 17.2 Å². The summed E-state index contributed by atoms with van der Waals surface area (Å²) in [5.74, 6) is 0.718. The highest BCUT2D eigenvalue weighted by molar-refractivity contribution is 5.94. The van der Waals surface area contributed by atoms with Crippen molar-refractivity contribution in [3.8, 4) is 0 Å². The molecule has 2 aliphatic heterocycles. The number of carbonyl (C=O) groups excluding carboxylic acids is 2. The standard InChI is InChI=1S/C17H18N6O3/c18-16(25)13-3-14(21-9-20-13)22-5-11-7-23(8-12(11)6-22)17(26)10-1-2-15(24)19-4-10/h1-4,9,11-12H,5-8H2,(H2,18,25)(H,19,24)/t11-,12+.